The summed E-state index contributed by atoms with van der Waals surface area (Å²) in [6.07, 6.45) is 0. The van der Waals surface area contributed by atoms with Gasteiger partial charge in [0.25, 0.3) is 0 Å². The highest BCUT2D eigenvalue weighted by molar-refractivity contribution is 6.12. The van der Waals surface area contributed by atoms with E-state index in [2.05, 4.69) is 4.99 Å². The average Bonchev–Trinajstić information content (AvgIpc) is 2.38. The summed E-state index contributed by atoms with van der Waals surface area (Å²) < 4.78 is 12.8. The summed E-state index contributed by atoms with van der Waals surface area (Å²) >= 11 is 0. The fraction of sp³-hybridized carbons (Fsp3) is 0. The van der Waals surface area contributed by atoms with Gasteiger partial charge in [0, 0.05) is 5.56 Å². The maximum Gasteiger partial charge on any atom is 0.148 e. The second-order valence-electron chi connectivity index (χ2n) is 3.41. The summed E-state index contributed by atoms with van der Waals surface area (Å²) in [5.41, 5.74) is 1.59. The van der Waals surface area contributed by atoms with Crippen molar-refractivity contribution in [1.82, 2.24) is 0 Å². The van der Waals surface area contributed by atoms with Crippen molar-refractivity contribution in [2.24, 2.45) is 4.99 Å². The molecule has 0 aliphatic rings. The molecule has 17 heavy (non-hydrogen) atoms. The molecular formula is C14H9FN2. The van der Waals surface area contributed by atoms with Gasteiger partial charge in [-0.2, -0.15) is 5.26 Å². The second kappa shape index (κ2) is 5.04. The van der Waals surface area contributed by atoms with Gasteiger partial charge in [-0.3, -0.25) is 0 Å². The van der Waals surface area contributed by atoms with Crippen molar-refractivity contribution in [3.8, 4) is 6.07 Å². The largest absolute Gasteiger partial charge is 0.237 e. The van der Waals surface area contributed by atoms with E-state index < -0.39 is 0 Å². The normalized spacial score (nSPS) is 10.9. The quantitative estimate of drug-likeness (QED) is 0.719. The van der Waals surface area contributed by atoms with Gasteiger partial charge in [0.15, 0.2) is 0 Å². The van der Waals surface area contributed by atoms with Crippen molar-refractivity contribution in [3.63, 3.8) is 0 Å². The molecule has 0 N–H and O–H groups in total. The molecule has 82 valence electrons. The van der Waals surface area contributed by atoms with Gasteiger partial charge >= 0.3 is 0 Å². The van der Waals surface area contributed by atoms with E-state index in [1.54, 1.807) is 24.3 Å². The summed E-state index contributed by atoms with van der Waals surface area (Å²) in [4.78, 5) is 4.21. The lowest BCUT2D eigenvalue weighted by Crippen LogP contribution is -1.96. The molecule has 0 aliphatic carbocycles. The molecule has 2 nitrogen and oxygen atoms in total. The molecule has 0 radical (unpaired) electrons. The summed E-state index contributed by atoms with van der Waals surface area (Å²) in [5, 5.41) is 9.04. The first kappa shape index (κ1) is 11.0. The highest BCUT2D eigenvalue weighted by Crippen LogP contribution is 2.13. The van der Waals surface area contributed by atoms with Crippen LogP contribution in [0.25, 0.3) is 0 Å². The fourth-order valence-electron chi connectivity index (χ4n) is 1.39. The molecule has 0 amide bonds. The van der Waals surface area contributed by atoms with Gasteiger partial charge in [-0.25, -0.2) is 9.38 Å². The summed E-state index contributed by atoms with van der Waals surface area (Å²) in [7, 11) is 0. The van der Waals surface area contributed by atoms with E-state index in [9.17, 15) is 4.39 Å². The van der Waals surface area contributed by atoms with Crippen molar-refractivity contribution in [2.75, 3.05) is 0 Å². The third-order valence-corrected chi connectivity index (χ3v) is 2.22. The van der Waals surface area contributed by atoms with Crippen LogP contribution >= 0.6 is 0 Å². The van der Waals surface area contributed by atoms with Crippen LogP contribution in [0, 0.1) is 17.1 Å². The highest BCUT2D eigenvalue weighted by Gasteiger charge is 2.02. The number of halogens is 1. The van der Waals surface area contributed by atoms with Crippen molar-refractivity contribution in [3.05, 3.63) is 66.0 Å². The van der Waals surface area contributed by atoms with Crippen molar-refractivity contribution >= 4 is 11.4 Å². The molecule has 0 saturated heterocycles. The molecular weight excluding hydrogens is 215 g/mol. The minimum absolute atomic E-state index is 0.274. The Hall–Kier alpha value is -2.47. The van der Waals surface area contributed by atoms with Gasteiger partial charge in [0.2, 0.25) is 0 Å². The Morgan fingerprint density at radius 2 is 1.65 bits per heavy atom. The van der Waals surface area contributed by atoms with Crippen LogP contribution in [0.4, 0.5) is 10.1 Å². The topological polar surface area (TPSA) is 36.1 Å². The summed E-state index contributed by atoms with van der Waals surface area (Å²) in [5.74, 6) is -0.328. The van der Waals surface area contributed by atoms with Gasteiger partial charge in [-0.1, -0.05) is 18.2 Å². The van der Waals surface area contributed by atoms with Crippen LogP contribution in [0.5, 0.6) is 0 Å². The number of hydrogen-bond acceptors (Lipinski definition) is 2. The predicted molar refractivity (Wildman–Crippen MR) is 64.7 cm³/mol. The molecule has 0 heterocycles. The zero-order valence-corrected chi connectivity index (χ0v) is 8.97. The van der Waals surface area contributed by atoms with Gasteiger partial charge in [0.1, 0.15) is 17.6 Å². The predicted octanol–water partition coefficient (Wildman–Crippen LogP) is 3.47. The van der Waals surface area contributed by atoms with E-state index in [1.165, 1.54) is 12.1 Å². The molecule has 2 aromatic carbocycles. The number of aliphatic imine (C=N–C) groups is 1. The molecule has 0 fully saturated rings. The number of nitrogens with zero attached hydrogens (tertiary/aromatic N) is 2. The maximum absolute atomic E-state index is 12.8. The van der Waals surface area contributed by atoms with Crippen LogP contribution in [-0.2, 0) is 0 Å². The van der Waals surface area contributed by atoms with E-state index in [4.69, 9.17) is 5.26 Å². The molecule has 3 heteroatoms. The van der Waals surface area contributed by atoms with E-state index in [0.717, 1.165) is 0 Å². The lowest BCUT2D eigenvalue weighted by Gasteiger charge is -1.98. The Morgan fingerprint density at radius 3 is 2.24 bits per heavy atom. The summed E-state index contributed by atoms with van der Waals surface area (Å²) in [6.45, 7) is 0. The smallest absolute Gasteiger partial charge is 0.148 e. The molecule has 0 aromatic heterocycles. The molecule has 0 bridgehead atoms. The first-order valence-electron chi connectivity index (χ1n) is 5.09. The molecule has 0 aliphatic heterocycles. The molecule has 0 unspecified atom stereocenters. The third kappa shape index (κ3) is 2.76. The van der Waals surface area contributed by atoms with E-state index >= 15 is 0 Å². The van der Waals surface area contributed by atoms with Crippen molar-refractivity contribution in [2.45, 2.75) is 0 Å². The molecule has 0 spiro atoms. The first-order valence-corrected chi connectivity index (χ1v) is 5.09. The number of hydrogen-bond donors (Lipinski definition) is 0. The van der Waals surface area contributed by atoms with Gasteiger partial charge in [0.05, 0.1) is 5.69 Å². The Morgan fingerprint density at radius 1 is 1.00 bits per heavy atom. The maximum atomic E-state index is 12.8. The highest BCUT2D eigenvalue weighted by atomic mass is 19.1. The van der Waals surface area contributed by atoms with Crippen LogP contribution < -0.4 is 0 Å². The van der Waals surface area contributed by atoms with E-state index in [1.807, 2.05) is 24.3 Å². The zero-order chi connectivity index (χ0) is 12.1. The van der Waals surface area contributed by atoms with Crippen LogP contribution in [0.2, 0.25) is 0 Å². The lowest BCUT2D eigenvalue weighted by molar-refractivity contribution is 0.628. The van der Waals surface area contributed by atoms with E-state index in [-0.39, 0.29) is 11.5 Å². The van der Waals surface area contributed by atoms with Crippen molar-refractivity contribution < 1.29 is 4.39 Å². The molecule has 2 rings (SSSR count). The van der Waals surface area contributed by atoms with Crippen LogP contribution in [0.15, 0.2) is 59.6 Å². The van der Waals surface area contributed by atoms with Crippen LogP contribution in [0.1, 0.15) is 5.56 Å². The standard InChI is InChI=1S/C14H9FN2/c15-12-8-6-11(7-9-12)14(10-16)17-13-4-2-1-3-5-13/h1-9H. The zero-order valence-electron chi connectivity index (χ0n) is 8.97. The Kier molecular flexibility index (Phi) is 3.27. The Balaban J connectivity index is 2.38. The van der Waals surface area contributed by atoms with Gasteiger partial charge < -0.3 is 0 Å². The molecule has 0 saturated carbocycles. The van der Waals surface area contributed by atoms with E-state index in [0.29, 0.717) is 11.3 Å². The number of para-hydroxylation sites is 1. The second-order valence-corrected chi connectivity index (χ2v) is 3.41. The minimum atomic E-state index is -0.328. The lowest BCUT2D eigenvalue weighted by atomic mass is 10.1. The minimum Gasteiger partial charge on any atom is -0.237 e. The van der Waals surface area contributed by atoms with Crippen LogP contribution in [0.3, 0.4) is 0 Å². The monoisotopic (exact) mass is 224 g/mol. The average molecular weight is 224 g/mol. The van der Waals surface area contributed by atoms with Crippen molar-refractivity contribution in [1.29, 1.82) is 5.26 Å². The Labute approximate surface area is 98.7 Å². The SMILES string of the molecule is N#CC(=Nc1ccccc1)c1ccc(F)cc1. The van der Waals surface area contributed by atoms with Gasteiger partial charge in [-0.15, -0.1) is 0 Å². The van der Waals surface area contributed by atoms with Crippen LogP contribution in [-0.4, -0.2) is 5.71 Å². The number of nitriles is 1. The fourth-order valence-corrected chi connectivity index (χ4v) is 1.39. The molecule has 0 atom stereocenters. The summed E-state index contributed by atoms with van der Waals surface area (Å²) in [6, 6.07) is 16.9. The first-order chi connectivity index (χ1) is 8.29. The Bertz CT molecular complexity index is 565. The third-order valence-electron chi connectivity index (χ3n) is 2.22. The van der Waals surface area contributed by atoms with Gasteiger partial charge in [-0.05, 0) is 36.4 Å². The number of rotatable bonds is 2. The number of benzene rings is 2. The molecule has 2 aromatic rings.